The van der Waals surface area contributed by atoms with Gasteiger partial charge in [-0.25, -0.2) is 4.68 Å². The predicted octanol–water partition coefficient (Wildman–Crippen LogP) is 1.79. The average Bonchev–Trinajstić information content (AvgIpc) is 2.92. The van der Waals surface area contributed by atoms with Crippen molar-refractivity contribution in [2.24, 2.45) is 11.7 Å². The molecule has 0 bridgehead atoms. The highest BCUT2D eigenvalue weighted by molar-refractivity contribution is 5.94. The first-order chi connectivity index (χ1) is 9.08. The molecule has 0 spiro atoms. The van der Waals surface area contributed by atoms with Crippen molar-refractivity contribution >= 4 is 11.6 Å². The van der Waals surface area contributed by atoms with Gasteiger partial charge < -0.3 is 11.1 Å². The van der Waals surface area contributed by atoms with E-state index in [1.54, 1.807) is 10.9 Å². The molecule has 100 valence electrons. The molecule has 0 unspecified atom stereocenters. The highest BCUT2D eigenvalue weighted by atomic mass is 16.2. The van der Waals surface area contributed by atoms with E-state index in [1.807, 2.05) is 50.4 Å². The Bertz CT molecular complexity index is 531. The summed E-state index contributed by atoms with van der Waals surface area (Å²) in [5, 5.41) is 6.94. The lowest BCUT2D eigenvalue weighted by Gasteiger charge is -2.15. The number of carbonyl (C=O) groups is 1. The van der Waals surface area contributed by atoms with Crippen molar-refractivity contribution in [2.45, 2.75) is 19.9 Å². The standard InChI is InChI=1S/C14H18N4O/c1-10(2)13(15)14(19)17-11-4-6-12(7-5-11)18-9-3-8-16-18/h3-10,13H,15H2,1-2H3,(H,17,19)/t13-/m0/s1. The molecule has 0 radical (unpaired) electrons. The lowest BCUT2D eigenvalue weighted by Crippen LogP contribution is -2.39. The summed E-state index contributed by atoms with van der Waals surface area (Å²) in [6.07, 6.45) is 3.58. The first-order valence-electron chi connectivity index (χ1n) is 6.24. The molecule has 0 aliphatic heterocycles. The van der Waals surface area contributed by atoms with Crippen LogP contribution >= 0.6 is 0 Å². The van der Waals surface area contributed by atoms with E-state index >= 15 is 0 Å². The number of nitrogens with two attached hydrogens (primary N) is 1. The number of amides is 1. The molecule has 2 aromatic rings. The first kappa shape index (κ1) is 13.3. The van der Waals surface area contributed by atoms with Crippen LogP contribution in [-0.2, 0) is 4.79 Å². The predicted molar refractivity (Wildman–Crippen MR) is 75.0 cm³/mol. The van der Waals surface area contributed by atoms with Crippen LogP contribution in [0.5, 0.6) is 0 Å². The molecule has 3 N–H and O–H groups in total. The molecule has 1 atom stereocenters. The third-order valence-corrected chi connectivity index (χ3v) is 2.92. The minimum atomic E-state index is -0.495. The zero-order valence-corrected chi connectivity index (χ0v) is 11.1. The lowest BCUT2D eigenvalue weighted by atomic mass is 10.0. The molecule has 5 nitrogen and oxygen atoms in total. The van der Waals surface area contributed by atoms with E-state index in [2.05, 4.69) is 10.4 Å². The summed E-state index contributed by atoms with van der Waals surface area (Å²) in [6, 6.07) is 8.82. The molecular formula is C14H18N4O. The van der Waals surface area contributed by atoms with Crippen LogP contribution < -0.4 is 11.1 Å². The van der Waals surface area contributed by atoms with Crippen LogP contribution in [0.2, 0.25) is 0 Å². The summed E-state index contributed by atoms with van der Waals surface area (Å²) in [5.41, 5.74) is 7.46. The minimum Gasteiger partial charge on any atom is -0.325 e. The zero-order valence-electron chi connectivity index (χ0n) is 11.1. The fourth-order valence-corrected chi connectivity index (χ4v) is 1.65. The largest absolute Gasteiger partial charge is 0.325 e. The maximum atomic E-state index is 11.8. The van der Waals surface area contributed by atoms with Gasteiger partial charge in [-0.05, 0) is 36.2 Å². The molecule has 0 saturated carbocycles. The van der Waals surface area contributed by atoms with E-state index in [0.717, 1.165) is 11.4 Å². The van der Waals surface area contributed by atoms with Crippen molar-refractivity contribution in [2.75, 3.05) is 5.32 Å². The quantitative estimate of drug-likeness (QED) is 0.878. The van der Waals surface area contributed by atoms with Gasteiger partial charge in [0.05, 0.1) is 11.7 Å². The van der Waals surface area contributed by atoms with Gasteiger partial charge in [0, 0.05) is 18.1 Å². The number of nitrogens with zero attached hydrogens (tertiary/aromatic N) is 2. The SMILES string of the molecule is CC(C)[C@H](N)C(=O)Nc1ccc(-n2cccn2)cc1. The Hall–Kier alpha value is -2.14. The number of anilines is 1. The van der Waals surface area contributed by atoms with Crippen LogP contribution in [-0.4, -0.2) is 21.7 Å². The number of hydrogen-bond acceptors (Lipinski definition) is 3. The molecule has 1 heterocycles. The molecular weight excluding hydrogens is 240 g/mol. The van der Waals surface area contributed by atoms with Crippen LogP contribution in [0.15, 0.2) is 42.7 Å². The second kappa shape index (κ2) is 5.67. The third-order valence-electron chi connectivity index (χ3n) is 2.92. The van der Waals surface area contributed by atoms with Crippen molar-refractivity contribution < 1.29 is 4.79 Å². The Morgan fingerprint density at radius 2 is 2.00 bits per heavy atom. The number of benzene rings is 1. The van der Waals surface area contributed by atoms with Crippen molar-refractivity contribution in [3.8, 4) is 5.69 Å². The summed E-state index contributed by atoms with van der Waals surface area (Å²) < 4.78 is 1.76. The van der Waals surface area contributed by atoms with Gasteiger partial charge in [0.15, 0.2) is 0 Å². The Morgan fingerprint density at radius 3 is 2.53 bits per heavy atom. The Kier molecular flexibility index (Phi) is 3.97. The molecule has 5 heteroatoms. The average molecular weight is 258 g/mol. The minimum absolute atomic E-state index is 0.114. The van der Waals surface area contributed by atoms with E-state index in [1.165, 1.54) is 0 Å². The molecule has 1 aromatic carbocycles. The monoisotopic (exact) mass is 258 g/mol. The normalized spacial score (nSPS) is 12.4. The van der Waals surface area contributed by atoms with Gasteiger partial charge in [-0.15, -0.1) is 0 Å². The van der Waals surface area contributed by atoms with Crippen LogP contribution in [0.4, 0.5) is 5.69 Å². The van der Waals surface area contributed by atoms with Gasteiger partial charge >= 0.3 is 0 Å². The molecule has 0 saturated heterocycles. The summed E-state index contributed by atoms with van der Waals surface area (Å²) in [4.78, 5) is 11.8. The number of rotatable bonds is 4. The Balaban J connectivity index is 2.05. The molecule has 0 aliphatic carbocycles. The summed E-state index contributed by atoms with van der Waals surface area (Å²) >= 11 is 0. The van der Waals surface area contributed by atoms with Crippen LogP contribution in [0.1, 0.15) is 13.8 Å². The smallest absolute Gasteiger partial charge is 0.241 e. The van der Waals surface area contributed by atoms with Crippen molar-refractivity contribution in [1.82, 2.24) is 9.78 Å². The molecule has 1 aromatic heterocycles. The molecule has 2 rings (SSSR count). The van der Waals surface area contributed by atoms with E-state index < -0.39 is 6.04 Å². The lowest BCUT2D eigenvalue weighted by molar-refractivity contribution is -0.118. The second-order valence-corrected chi connectivity index (χ2v) is 4.76. The number of nitrogens with one attached hydrogen (secondary N) is 1. The van der Waals surface area contributed by atoms with E-state index in [4.69, 9.17) is 5.73 Å². The summed E-state index contributed by atoms with van der Waals surface area (Å²) in [5.74, 6) is -0.0508. The zero-order chi connectivity index (χ0) is 13.8. The van der Waals surface area contributed by atoms with Gasteiger partial charge in [-0.2, -0.15) is 5.10 Å². The van der Waals surface area contributed by atoms with Crippen LogP contribution in [0.25, 0.3) is 5.69 Å². The van der Waals surface area contributed by atoms with Crippen molar-refractivity contribution in [3.63, 3.8) is 0 Å². The number of aromatic nitrogens is 2. The first-order valence-corrected chi connectivity index (χ1v) is 6.24. The maximum Gasteiger partial charge on any atom is 0.241 e. The van der Waals surface area contributed by atoms with E-state index in [-0.39, 0.29) is 11.8 Å². The molecule has 19 heavy (non-hydrogen) atoms. The highest BCUT2D eigenvalue weighted by Crippen LogP contribution is 2.13. The number of hydrogen-bond donors (Lipinski definition) is 2. The van der Waals surface area contributed by atoms with Gasteiger partial charge in [0.1, 0.15) is 0 Å². The molecule has 0 fully saturated rings. The van der Waals surface area contributed by atoms with Gasteiger partial charge in [0.25, 0.3) is 0 Å². The van der Waals surface area contributed by atoms with Crippen molar-refractivity contribution in [1.29, 1.82) is 0 Å². The summed E-state index contributed by atoms with van der Waals surface area (Å²) in [6.45, 7) is 3.84. The maximum absolute atomic E-state index is 11.8. The fraction of sp³-hybridized carbons (Fsp3) is 0.286. The Morgan fingerprint density at radius 1 is 1.32 bits per heavy atom. The third kappa shape index (κ3) is 3.20. The highest BCUT2D eigenvalue weighted by Gasteiger charge is 2.16. The molecule has 1 amide bonds. The second-order valence-electron chi connectivity index (χ2n) is 4.76. The van der Waals surface area contributed by atoms with E-state index in [0.29, 0.717) is 0 Å². The van der Waals surface area contributed by atoms with Gasteiger partial charge in [-0.3, -0.25) is 4.79 Å². The van der Waals surface area contributed by atoms with Crippen LogP contribution in [0.3, 0.4) is 0 Å². The van der Waals surface area contributed by atoms with Crippen LogP contribution in [0, 0.1) is 5.92 Å². The summed E-state index contributed by atoms with van der Waals surface area (Å²) in [7, 11) is 0. The van der Waals surface area contributed by atoms with E-state index in [9.17, 15) is 4.79 Å². The van der Waals surface area contributed by atoms with Gasteiger partial charge in [-0.1, -0.05) is 13.8 Å². The molecule has 0 aliphatic rings. The Labute approximate surface area is 112 Å². The van der Waals surface area contributed by atoms with Gasteiger partial charge in [0.2, 0.25) is 5.91 Å². The van der Waals surface area contributed by atoms with Crippen molar-refractivity contribution in [3.05, 3.63) is 42.7 Å². The number of carbonyl (C=O) groups excluding carboxylic acids is 1. The topological polar surface area (TPSA) is 72.9 Å². The fourth-order valence-electron chi connectivity index (χ4n) is 1.65.